The molecule has 168 valence electrons. The molecule has 0 bridgehead atoms. The van der Waals surface area contributed by atoms with E-state index in [9.17, 15) is 0 Å². The first-order valence-electron chi connectivity index (χ1n) is 11.7. The minimum Gasteiger partial charge on any atom is -0.366 e. The van der Waals surface area contributed by atoms with Crippen molar-refractivity contribution >= 4 is 44.7 Å². The van der Waals surface area contributed by atoms with Crippen molar-refractivity contribution in [2.45, 2.75) is 39.0 Å². The van der Waals surface area contributed by atoms with Crippen LogP contribution in [0.5, 0.6) is 0 Å². The summed E-state index contributed by atoms with van der Waals surface area (Å²) in [4.78, 5) is 17.7. The van der Waals surface area contributed by atoms with Crippen LogP contribution in [0.4, 0.5) is 5.82 Å². The van der Waals surface area contributed by atoms with E-state index in [4.69, 9.17) is 22.2 Å². The number of aromatic nitrogens is 2. The average molecular weight is 466 g/mol. The van der Waals surface area contributed by atoms with Gasteiger partial charge in [-0.1, -0.05) is 37.3 Å². The highest BCUT2D eigenvalue weighted by Crippen LogP contribution is 2.41. The Morgan fingerprint density at radius 3 is 2.66 bits per heavy atom. The summed E-state index contributed by atoms with van der Waals surface area (Å²) in [6, 6.07) is 10.7. The number of thiocarbonyl (C=S) groups is 1. The molecule has 2 aromatic heterocycles. The van der Waals surface area contributed by atoms with E-state index in [-0.39, 0.29) is 0 Å². The van der Waals surface area contributed by atoms with Crippen LogP contribution in [0, 0.1) is 5.92 Å². The summed E-state index contributed by atoms with van der Waals surface area (Å²) in [7, 11) is 1.90. The molecule has 1 aliphatic heterocycles. The second kappa shape index (κ2) is 9.32. The van der Waals surface area contributed by atoms with Crippen LogP contribution in [-0.2, 0) is 25.7 Å². The molecule has 1 N–H and O–H groups in total. The molecule has 2 aliphatic rings. The van der Waals surface area contributed by atoms with Crippen LogP contribution in [0.1, 0.15) is 35.2 Å². The predicted molar refractivity (Wildman–Crippen MR) is 138 cm³/mol. The van der Waals surface area contributed by atoms with E-state index in [0.717, 1.165) is 68.1 Å². The number of rotatable bonds is 4. The molecule has 5 nitrogen and oxygen atoms in total. The highest BCUT2D eigenvalue weighted by atomic mass is 32.1. The predicted octanol–water partition coefficient (Wildman–Crippen LogP) is 4.23. The molecule has 32 heavy (non-hydrogen) atoms. The Kier molecular flexibility index (Phi) is 6.28. The lowest BCUT2D eigenvalue weighted by Crippen LogP contribution is -2.51. The Hall–Kier alpha value is -2.25. The van der Waals surface area contributed by atoms with Gasteiger partial charge in [0, 0.05) is 44.5 Å². The first-order chi connectivity index (χ1) is 15.6. The lowest BCUT2D eigenvalue weighted by atomic mass is 9.89. The van der Waals surface area contributed by atoms with Crippen LogP contribution < -0.4 is 10.2 Å². The van der Waals surface area contributed by atoms with Crippen molar-refractivity contribution in [1.82, 2.24) is 20.2 Å². The fourth-order valence-electron chi connectivity index (χ4n) is 4.89. The minimum atomic E-state index is 0.760. The lowest BCUT2D eigenvalue weighted by Gasteiger charge is -2.37. The van der Waals surface area contributed by atoms with Crippen LogP contribution in [0.25, 0.3) is 10.2 Å². The summed E-state index contributed by atoms with van der Waals surface area (Å²) < 4.78 is 0. The molecule has 1 unspecified atom stereocenters. The minimum absolute atomic E-state index is 0.760. The summed E-state index contributed by atoms with van der Waals surface area (Å²) in [5, 5.41) is 5.28. The highest BCUT2D eigenvalue weighted by molar-refractivity contribution is 7.80. The number of thiophene rings is 1. The number of anilines is 1. The van der Waals surface area contributed by atoms with Gasteiger partial charge in [-0.2, -0.15) is 0 Å². The average Bonchev–Trinajstić information content (AvgIpc) is 3.19. The van der Waals surface area contributed by atoms with Crippen LogP contribution >= 0.6 is 23.6 Å². The number of hydrogen-bond acceptors (Lipinski definition) is 5. The van der Waals surface area contributed by atoms with E-state index in [1.807, 2.05) is 18.4 Å². The summed E-state index contributed by atoms with van der Waals surface area (Å²) in [6.45, 7) is 6.09. The van der Waals surface area contributed by atoms with Crippen molar-refractivity contribution in [3.63, 3.8) is 0 Å². The van der Waals surface area contributed by atoms with Crippen molar-refractivity contribution in [1.29, 1.82) is 0 Å². The lowest BCUT2D eigenvalue weighted by molar-refractivity contribution is 0.382. The third kappa shape index (κ3) is 4.33. The summed E-state index contributed by atoms with van der Waals surface area (Å²) in [6.07, 6.45) is 5.44. The quantitative estimate of drug-likeness (QED) is 0.582. The number of piperazine rings is 1. The molecule has 3 heterocycles. The van der Waals surface area contributed by atoms with Gasteiger partial charge >= 0.3 is 0 Å². The number of nitrogens with zero attached hydrogens (tertiary/aromatic N) is 4. The van der Waals surface area contributed by atoms with E-state index in [1.54, 1.807) is 0 Å². The van der Waals surface area contributed by atoms with E-state index in [1.165, 1.54) is 39.1 Å². The van der Waals surface area contributed by atoms with Gasteiger partial charge in [0.1, 0.15) is 16.5 Å². The Morgan fingerprint density at radius 1 is 1.12 bits per heavy atom. The molecule has 7 heteroatoms. The Bertz CT molecular complexity index is 1100. The first kappa shape index (κ1) is 21.6. The van der Waals surface area contributed by atoms with Gasteiger partial charge in [0.05, 0.1) is 5.39 Å². The normalized spacial score (nSPS) is 18.6. The maximum atomic E-state index is 5.46. The third-order valence-corrected chi connectivity index (χ3v) is 8.35. The Balaban J connectivity index is 1.48. The number of aryl methyl sites for hydroxylation is 3. The van der Waals surface area contributed by atoms with E-state index in [0.29, 0.717) is 0 Å². The second-order valence-corrected chi connectivity index (χ2v) is 10.5. The van der Waals surface area contributed by atoms with Crippen LogP contribution in [0.3, 0.4) is 0 Å². The Labute approximate surface area is 199 Å². The SMILES string of the molecule is CNC(=S)N1CCN(c2nc(CCc3ccccc3)nc3sc4c(c23)CCC(C)C4)CC1. The molecule has 5 rings (SSSR count). The Morgan fingerprint density at radius 2 is 1.91 bits per heavy atom. The molecule has 1 saturated heterocycles. The molecule has 1 aromatic carbocycles. The van der Waals surface area contributed by atoms with Gasteiger partial charge in [-0.25, -0.2) is 9.97 Å². The van der Waals surface area contributed by atoms with Gasteiger partial charge in [-0.15, -0.1) is 11.3 Å². The molecular weight excluding hydrogens is 434 g/mol. The van der Waals surface area contributed by atoms with Crippen LogP contribution in [-0.4, -0.2) is 53.2 Å². The standard InChI is InChI=1S/C25H31N5S2/c1-17-8-10-19-20(16-17)32-24-22(19)23(29-12-14-30(15-13-29)25(31)26-2)27-21(28-24)11-9-18-6-4-3-5-7-18/h3-7,17H,8-16H2,1-2H3,(H,26,31). The van der Waals surface area contributed by atoms with E-state index < -0.39 is 0 Å². The summed E-state index contributed by atoms with van der Waals surface area (Å²) in [5.41, 5.74) is 2.85. The van der Waals surface area contributed by atoms with Gasteiger partial charge < -0.3 is 15.1 Å². The zero-order chi connectivity index (χ0) is 22.1. The zero-order valence-electron chi connectivity index (χ0n) is 18.9. The van der Waals surface area contributed by atoms with Crippen molar-refractivity contribution < 1.29 is 0 Å². The molecule has 0 spiro atoms. The molecule has 0 radical (unpaired) electrons. The highest BCUT2D eigenvalue weighted by Gasteiger charge is 2.27. The first-order valence-corrected chi connectivity index (χ1v) is 12.9. The smallest absolute Gasteiger partial charge is 0.168 e. The maximum absolute atomic E-state index is 5.46. The van der Waals surface area contributed by atoms with E-state index in [2.05, 4.69) is 52.4 Å². The topological polar surface area (TPSA) is 44.3 Å². The second-order valence-electron chi connectivity index (χ2n) is 9.01. The zero-order valence-corrected chi connectivity index (χ0v) is 20.6. The molecular formula is C25H31N5S2. The fourth-order valence-corrected chi connectivity index (χ4v) is 6.47. The van der Waals surface area contributed by atoms with Crippen molar-refractivity contribution in [3.05, 3.63) is 52.2 Å². The van der Waals surface area contributed by atoms with Gasteiger partial charge in [0.2, 0.25) is 0 Å². The van der Waals surface area contributed by atoms with Gasteiger partial charge in [-0.05, 0) is 54.9 Å². The molecule has 1 fully saturated rings. The van der Waals surface area contributed by atoms with Crippen molar-refractivity contribution in [2.24, 2.45) is 5.92 Å². The molecule has 1 aliphatic carbocycles. The fraction of sp³-hybridized carbons (Fsp3) is 0.480. The van der Waals surface area contributed by atoms with Crippen molar-refractivity contribution in [2.75, 3.05) is 38.1 Å². The number of nitrogens with one attached hydrogen (secondary N) is 1. The number of hydrogen-bond donors (Lipinski definition) is 1. The molecule has 0 amide bonds. The largest absolute Gasteiger partial charge is 0.366 e. The van der Waals surface area contributed by atoms with Gasteiger partial charge in [0.25, 0.3) is 0 Å². The summed E-state index contributed by atoms with van der Waals surface area (Å²) >= 11 is 7.37. The third-order valence-electron chi connectivity index (χ3n) is 6.74. The van der Waals surface area contributed by atoms with E-state index >= 15 is 0 Å². The maximum Gasteiger partial charge on any atom is 0.168 e. The monoisotopic (exact) mass is 465 g/mol. The van der Waals surface area contributed by atoms with Gasteiger partial charge in [-0.3, -0.25) is 0 Å². The molecule has 1 atom stereocenters. The number of fused-ring (bicyclic) bond motifs is 3. The van der Waals surface area contributed by atoms with Crippen LogP contribution in [0.15, 0.2) is 30.3 Å². The summed E-state index contributed by atoms with van der Waals surface area (Å²) in [5.74, 6) is 2.88. The van der Waals surface area contributed by atoms with Crippen molar-refractivity contribution in [3.8, 4) is 0 Å². The van der Waals surface area contributed by atoms with Gasteiger partial charge in [0.15, 0.2) is 5.11 Å². The molecule has 0 saturated carbocycles. The number of benzene rings is 1. The molecule has 3 aromatic rings. The van der Waals surface area contributed by atoms with Crippen LogP contribution in [0.2, 0.25) is 0 Å².